The zero-order valence-electron chi connectivity index (χ0n) is 29.7. The van der Waals surface area contributed by atoms with Crippen LogP contribution in [0.15, 0.2) is 186 Å². The van der Waals surface area contributed by atoms with E-state index in [1.165, 1.54) is 63.5 Å². The molecule has 258 valence electrons. The molecule has 2 aromatic heterocycles. The van der Waals surface area contributed by atoms with Crippen LogP contribution in [-0.2, 0) is 0 Å². The third-order valence-electron chi connectivity index (χ3n) is 10.8. The predicted molar refractivity (Wildman–Crippen MR) is 240 cm³/mol. The molecule has 8 aromatic carbocycles. The Labute approximate surface area is 328 Å². The quantitative estimate of drug-likeness (QED) is 0.128. The number of rotatable bonds is 5. The van der Waals surface area contributed by atoms with E-state index in [4.69, 9.17) is 9.97 Å². The van der Waals surface area contributed by atoms with Gasteiger partial charge in [0, 0.05) is 36.7 Å². The first-order valence-electron chi connectivity index (χ1n) is 18.5. The van der Waals surface area contributed by atoms with Gasteiger partial charge >= 0.3 is 0 Å². The van der Waals surface area contributed by atoms with Gasteiger partial charge in [0.2, 0.25) is 0 Å². The van der Waals surface area contributed by atoms with Gasteiger partial charge in [0.15, 0.2) is 5.82 Å². The van der Waals surface area contributed by atoms with Crippen LogP contribution in [0.25, 0.3) is 89.0 Å². The standard InChI is InChI=1S/C51H32IN3/c1-4-14-40-33(11-1)29-30-52-50(40)35-21-23-36(24-22-35)51-53-46(32-47(54-51)45-31-37-12-2-3-13-39(37)41-15-5-6-16-42(41)45)34-25-27-38(28-26-34)55-48-19-9-7-17-43(48)44-18-8-10-20-49(44)55/h1-32H. The number of para-hydroxylation sites is 2. The third kappa shape index (κ3) is 5.44. The number of aromatic nitrogens is 3. The highest BCUT2D eigenvalue weighted by Gasteiger charge is 2.17. The Bertz CT molecular complexity index is 3140. The number of benzene rings is 8. The van der Waals surface area contributed by atoms with Crippen molar-refractivity contribution in [2.75, 3.05) is 0 Å². The van der Waals surface area contributed by atoms with E-state index in [0.29, 0.717) is 5.82 Å². The summed E-state index contributed by atoms with van der Waals surface area (Å²) in [6.45, 7) is 0. The highest BCUT2D eigenvalue weighted by molar-refractivity contribution is 14.2. The van der Waals surface area contributed by atoms with Gasteiger partial charge in [-0.05, 0) is 84.8 Å². The molecule has 0 amide bonds. The fourth-order valence-corrected chi connectivity index (χ4v) is 10.6. The minimum absolute atomic E-state index is 0.223. The average molecular weight is 814 g/mol. The summed E-state index contributed by atoms with van der Waals surface area (Å²) in [6, 6.07) is 65.5. The third-order valence-corrected chi connectivity index (χ3v) is 13.3. The van der Waals surface area contributed by atoms with Gasteiger partial charge in [0.25, 0.3) is 0 Å². The van der Waals surface area contributed by atoms with E-state index in [0.717, 1.165) is 33.8 Å². The lowest BCUT2D eigenvalue weighted by Gasteiger charge is -2.15. The van der Waals surface area contributed by atoms with Crippen LogP contribution in [0, 0.1) is 0 Å². The van der Waals surface area contributed by atoms with Gasteiger partial charge in [-0.2, -0.15) is 0 Å². The van der Waals surface area contributed by atoms with E-state index in [1.807, 2.05) is 0 Å². The van der Waals surface area contributed by atoms with Crippen LogP contribution in [0.3, 0.4) is 0 Å². The highest BCUT2D eigenvalue weighted by atomic mass is 127. The van der Waals surface area contributed by atoms with E-state index in [9.17, 15) is 0 Å². The Kier molecular flexibility index (Phi) is 7.62. The van der Waals surface area contributed by atoms with Crippen LogP contribution in [0.2, 0.25) is 0 Å². The van der Waals surface area contributed by atoms with Crippen molar-refractivity contribution in [3.05, 3.63) is 203 Å². The Balaban J connectivity index is 1.07. The molecule has 55 heavy (non-hydrogen) atoms. The van der Waals surface area contributed by atoms with Gasteiger partial charge in [-0.1, -0.05) is 166 Å². The van der Waals surface area contributed by atoms with Crippen molar-refractivity contribution in [3.8, 4) is 39.6 Å². The fourth-order valence-electron chi connectivity index (χ4n) is 8.16. The molecule has 0 N–H and O–H groups in total. The first-order chi connectivity index (χ1) is 27.3. The fraction of sp³-hybridized carbons (Fsp3) is 0. The number of hydrogen-bond donors (Lipinski definition) is 0. The van der Waals surface area contributed by atoms with Crippen molar-refractivity contribution in [2.45, 2.75) is 0 Å². The zero-order chi connectivity index (χ0) is 36.3. The molecular formula is C51H32IN3. The molecule has 0 aliphatic carbocycles. The highest BCUT2D eigenvalue weighted by Crippen LogP contribution is 2.38. The summed E-state index contributed by atoms with van der Waals surface area (Å²) in [6.07, 6.45) is 2.27. The van der Waals surface area contributed by atoms with Gasteiger partial charge in [-0.3, -0.25) is 0 Å². The van der Waals surface area contributed by atoms with E-state index >= 15 is 0 Å². The largest absolute Gasteiger partial charge is 0.309 e. The molecule has 0 spiro atoms. The zero-order valence-corrected chi connectivity index (χ0v) is 31.9. The molecule has 0 bridgehead atoms. The predicted octanol–water partition coefficient (Wildman–Crippen LogP) is 13.4. The van der Waals surface area contributed by atoms with Crippen LogP contribution >= 0.6 is 20.7 Å². The first-order valence-corrected chi connectivity index (χ1v) is 20.9. The molecule has 0 saturated carbocycles. The number of hydrogen-bond acceptors (Lipinski definition) is 2. The molecule has 0 radical (unpaired) electrons. The number of nitrogens with zero attached hydrogens (tertiary/aromatic N) is 3. The molecule has 0 unspecified atom stereocenters. The summed E-state index contributed by atoms with van der Waals surface area (Å²) in [4.78, 5) is 10.6. The van der Waals surface area contributed by atoms with Crippen LogP contribution in [0.5, 0.6) is 0 Å². The number of halogens is 1. The minimum atomic E-state index is -0.223. The van der Waals surface area contributed by atoms with Gasteiger partial charge in [-0.15, -0.1) is 0 Å². The van der Waals surface area contributed by atoms with Gasteiger partial charge in [0.1, 0.15) is 0 Å². The SMILES string of the molecule is C1=Cc2ccccc2C(c2ccc(-c3nc(-c4ccc(-n5c6ccccc6c6ccccc65)cc4)cc(-c4cc5ccccc5c5ccccc45)n3)cc2)=I1. The smallest absolute Gasteiger partial charge is 0.160 e. The molecular weight excluding hydrogens is 781 g/mol. The summed E-state index contributed by atoms with van der Waals surface area (Å²) in [5.41, 5.74) is 12.4. The Morgan fingerprint density at radius 2 is 1.00 bits per heavy atom. The van der Waals surface area contributed by atoms with Crippen molar-refractivity contribution in [1.29, 1.82) is 0 Å². The molecule has 0 saturated heterocycles. The first kappa shape index (κ1) is 32.0. The monoisotopic (exact) mass is 813 g/mol. The Morgan fingerprint density at radius 1 is 0.418 bits per heavy atom. The lowest BCUT2D eigenvalue weighted by Crippen LogP contribution is -2.04. The maximum atomic E-state index is 5.33. The maximum Gasteiger partial charge on any atom is 0.160 e. The molecule has 3 nitrogen and oxygen atoms in total. The molecule has 0 atom stereocenters. The van der Waals surface area contributed by atoms with E-state index in [1.54, 1.807) is 0 Å². The van der Waals surface area contributed by atoms with Crippen molar-refractivity contribution >= 4 is 73.7 Å². The van der Waals surface area contributed by atoms with Gasteiger partial charge in [0.05, 0.1) is 22.4 Å². The summed E-state index contributed by atoms with van der Waals surface area (Å²) >= 11 is -0.223. The molecule has 0 fully saturated rings. The summed E-state index contributed by atoms with van der Waals surface area (Å²) in [5.74, 6) is 0.714. The second-order valence-corrected chi connectivity index (χ2v) is 16.4. The van der Waals surface area contributed by atoms with Gasteiger partial charge < -0.3 is 4.57 Å². The molecule has 1 aliphatic rings. The minimum Gasteiger partial charge on any atom is -0.309 e. The second-order valence-electron chi connectivity index (χ2n) is 13.9. The van der Waals surface area contributed by atoms with Crippen molar-refractivity contribution in [2.24, 2.45) is 0 Å². The normalized spacial score (nSPS) is 12.5. The maximum absolute atomic E-state index is 5.33. The lowest BCUT2D eigenvalue weighted by molar-refractivity contribution is 1.17. The summed E-state index contributed by atoms with van der Waals surface area (Å²) in [5, 5.41) is 7.35. The topological polar surface area (TPSA) is 30.7 Å². The van der Waals surface area contributed by atoms with Crippen LogP contribution in [-0.4, -0.2) is 18.0 Å². The van der Waals surface area contributed by atoms with Crippen molar-refractivity contribution in [1.82, 2.24) is 14.5 Å². The molecule has 11 rings (SSSR count). The molecule has 3 heterocycles. The summed E-state index contributed by atoms with van der Waals surface area (Å²) in [7, 11) is 0. The Morgan fingerprint density at radius 3 is 1.76 bits per heavy atom. The molecule has 4 heteroatoms. The molecule has 10 aromatic rings. The summed E-state index contributed by atoms with van der Waals surface area (Å²) < 4.78 is 6.17. The molecule has 1 aliphatic heterocycles. The van der Waals surface area contributed by atoms with E-state index in [2.05, 4.69) is 197 Å². The number of fused-ring (bicyclic) bond motifs is 7. The van der Waals surface area contributed by atoms with Crippen molar-refractivity contribution < 1.29 is 0 Å². The lowest BCUT2D eigenvalue weighted by atomic mass is 9.95. The Hall–Kier alpha value is -6.50. The van der Waals surface area contributed by atoms with Crippen LogP contribution in [0.1, 0.15) is 16.7 Å². The van der Waals surface area contributed by atoms with E-state index in [-0.39, 0.29) is 20.7 Å². The van der Waals surface area contributed by atoms with Gasteiger partial charge in [-0.25, -0.2) is 9.97 Å². The second kappa shape index (κ2) is 13.1. The average Bonchev–Trinajstić information content (AvgIpc) is 3.60. The van der Waals surface area contributed by atoms with Crippen molar-refractivity contribution in [3.63, 3.8) is 0 Å². The van der Waals surface area contributed by atoms with Crippen LogP contribution < -0.4 is 0 Å². The van der Waals surface area contributed by atoms with Crippen LogP contribution in [0.4, 0.5) is 0 Å². The van der Waals surface area contributed by atoms with E-state index < -0.39 is 0 Å².